The van der Waals surface area contributed by atoms with Crippen LogP contribution in [0.3, 0.4) is 0 Å². The van der Waals surface area contributed by atoms with E-state index in [0.29, 0.717) is 18.4 Å². The van der Waals surface area contributed by atoms with Crippen LogP contribution in [-0.2, 0) is 12.8 Å². The van der Waals surface area contributed by atoms with Crippen molar-refractivity contribution < 1.29 is 0 Å². The molecule has 1 unspecified atom stereocenters. The standard InChI is InChI=1S/C23H26N4/c24-23(26-16-14-22-13-7-8-15-25-22)27-18-21(20-11-5-2-6-12-20)17-19-9-3-1-4-10-19/h1-13,15,21H,14,16-18H2,(H3,24,26,27). The van der Waals surface area contributed by atoms with Gasteiger partial charge in [0.05, 0.1) is 0 Å². The van der Waals surface area contributed by atoms with E-state index in [-0.39, 0.29) is 0 Å². The Balaban J connectivity index is 1.58. The van der Waals surface area contributed by atoms with E-state index in [1.165, 1.54) is 11.1 Å². The summed E-state index contributed by atoms with van der Waals surface area (Å²) < 4.78 is 0. The average Bonchev–Trinajstić information content (AvgIpc) is 2.73. The van der Waals surface area contributed by atoms with Crippen LogP contribution in [0.5, 0.6) is 0 Å². The molecular weight excluding hydrogens is 332 g/mol. The van der Waals surface area contributed by atoms with Crippen molar-refractivity contribution in [2.24, 2.45) is 10.7 Å². The predicted octanol–water partition coefficient (Wildman–Crippen LogP) is 3.55. The summed E-state index contributed by atoms with van der Waals surface area (Å²) in [6, 6.07) is 27.0. The van der Waals surface area contributed by atoms with E-state index in [1.807, 2.05) is 30.3 Å². The Morgan fingerprint density at radius 3 is 2.33 bits per heavy atom. The van der Waals surface area contributed by atoms with E-state index in [2.05, 4.69) is 63.8 Å². The van der Waals surface area contributed by atoms with Gasteiger partial charge in [-0.15, -0.1) is 0 Å². The molecule has 0 spiro atoms. The molecule has 138 valence electrons. The Morgan fingerprint density at radius 2 is 1.63 bits per heavy atom. The summed E-state index contributed by atoms with van der Waals surface area (Å²) >= 11 is 0. The van der Waals surface area contributed by atoms with Crippen LogP contribution in [0, 0.1) is 0 Å². The van der Waals surface area contributed by atoms with Gasteiger partial charge in [0.25, 0.3) is 0 Å². The molecule has 0 radical (unpaired) electrons. The van der Waals surface area contributed by atoms with Crippen LogP contribution in [0.2, 0.25) is 0 Å². The normalized spacial score (nSPS) is 12.5. The molecule has 3 N–H and O–H groups in total. The fourth-order valence-electron chi connectivity index (χ4n) is 3.04. The highest BCUT2D eigenvalue weighted by Gasteiger charge is 2.12. The zero-order valence-corrected chi connectivity index (χ0v) is 15.5. The lowest BCUT2D eigenvalue weighted by atomic mass is 9.92. The van der Waals surface area contributed by atoms with Gasteiger partial charge in [0, 0.05) is 37.3 Å². The first-order valence-corrected chi connectivity index (χ1v) is 9.34. The smallest absolute Gasteiger partial charge is 0.188 e. The van der Waals surface area contributed by atoms with E-state index < -0.39 is 0 Å². The molecule has 0 aliphatic carbocycles. The minimum atomic E-state index is 0.296. The maximum atomic E-state index is 6.08. The Kier molecular flexibility index (Phi) is 6.99. The van der Waals surface area contributed by atoms with Gasteiger partial charge in [-0.3, -0.25) is 9.98 Å². The molecular formula is C23H26N4. The van der Waals surface area contributed by atoms with Gasteiger partial charge in [-0.1, -0.05) is 66.7 Å². The van der Waals surface area contributed by atoms with Crippen LogP contribution in [-0.4, -0.2) is 24.0 Å². The minimum absolute atomic E-state index is 0.296. The SMILES string of the molecule is NC(=NCC(Cc1ccccc1)c1ccccc1)NCCc1ccccn1. The lowest BCUT2D eigenvalue weighted by Crippen LogP contribution is -2.33. The summed E-state index contributed by atoms with van der Waals surface area (Å²) in [6.45, 7) is 1.38. The first-order valence-electron chi connectivity index (χ1n) is 9.34. The fourth-order valence-corrected chi connectivity index (χ4v) is 3.04. The zero-order valence-electron chi connectivity index (χ0n) is 15.5. The number of guanidine groups is 1. The molecule has 4 heteroatoms. The number of hydrogen-bond acceptors (Lipinski definition) is 2. The number of pyridine rings is 1. The van der Waals surface area contributed by atoms with Crippen LogP contribution in [0.25, 0.3) is 0 Å². The third-order valence-corrected chi connectivity index (χ3v) is 4.49. The number of benzene rings is 2. The van der Waals surface area contributed by atoms with Crippen molar-refractivity contribution in [1.82, 2.24) is 10.3 Å². The molecule has 3 aromatic rings. The zero-order chi connectivity index (χ0) is 18.7. The monoisotopic (exact) mass is 358 g/mol. The molecule has 0 bridgehead atoms. The molecule has 4 nitrogen and oxygen atoms in total. The van der Waals surface area contributed by atoms with Crippen LogP contribution >= 0.6 is 0 Å². The highest BCUT2D eigenvalue weighted by atomic mass is 15.1. The third kappa shape index (κ3) is 6.26. The molecule has 0 saturated heterocycles. The summed E-state index contributed by atoms with van der Waals surface area (Å²) in [5.41, 5.74) is 9.71. The van der Waals surface area contributed by atoms with Gasteiger partial charge in [-0.2, -0.15) is 0 Å². The van der Waals surface area contributed by atoms with Gasteiger partial charge in [-0.25, -0.2) is 0 Å². The molecule has 0 aliphatic rings. The van der Waals surface area contributed by atoms with Crippen molar-refractivity contribution in [3.05, 3.63) is 102 Å². The number of aromatic nitrogens is 1. The van der Waals surface area contributed by atoms with E-state index >= 15 is 0 Å². The van der Waals surface area contributed by atoms with Crippen LogP contribution < -0.4 is 11.1 Å². The van der Waals surface area contributed by atoms with E-state index in [4.69, 9.17) is 5.73 Å². The first-order chi connectivity index (χ1) is 13.3. The fraction of sp³-hybridized carbons (Fsp3) is 0.217. The minimum Gasteiger partial charge on any atom is -0.370 e. The second-order valence-corrected chi connectivity index (χ2v) is 6.52. The molecule has 1 heterocycles. The van der Waals surface area contributed by atoms with Crippen molar-refractivity contribution in [3.63, 3.8) is 0 Å². The average molecular weight is 358 g/mol. The number of aliphatic imine (C=N–C) groups is 1. The van der Waals surface area contributed by atoms with Gasteiger partial charge in [0.15, 0.2) is 5.96 Å². The highest BCUT2D eigenvalue weighted by Crippen LogP contribution is 2.21. The Morgan fingerprint density at radius 1 is 0.926 bits per heavy atom. The van der Waals surface area contributed by atoms with Gasteiger partial charge < -0.3 is 11.1 Å². The summed E-state index contributed by atoms with van der Waals surface area (Å²) in [5.74, 6) is 0.782. The summed E-state index contributed by atoms with van der Waals surface area (Å²) in [5, 5.41) is 3.19. The number of nitrogens with one attached hydrogen (secondary N) is 1. The van der Waals surface area contributed by atoms with Crippen molar-refractivity contribution in [3.8, 4) is 0 Å². The maximum absolute atomic E-state index is 6.08. The third-order valence-electron chi connectivity index (χ3n) is 4.49. The molecule has 0 aliphatic heterocycles. The predicted molar refractivity (Wildman–Crippen MR) is 112 cm³/mol. The largest absolute Gasteiger partial charge is 0.370 e. The lowest BCUT2D eigenvalue weighted by molar-refractivity contribution is 0.690. The first kappa shape index (κ1) is 18.6. The van der Waals surface area contributed by atoms with Crippen molar-refractivity contribution in [2.75, 3.05) is 13.1 Å². The maximum Gasteiger partial charge on any atom is 0.188 e. The molecule has 0 amide bonds. The summed E-state index contributed by atoms with van der Waals surface area (Å²) in [4.78, 5) is 8.91. The van der Waals surface area contributed by atoms with Gasteiger partial charge in [0.1, 0.15) is 0 Å². The van der Waals surface area contributed by atoms with E-state index in [1.54, 1.807) is 6.20 Å². The molecule has 3 rings (SSSR count). The summed E-state index contributed by atoms with van der Waals surface area (Å²) in [7, 11) is 0. The van der Waals surface area contributed by atoms with Gasteiger partial charge >= 0.3 is 0 Å². The summed E-state index contributed by atoms with van der Waals surface area (Å²) in [6.07, 6.45) is 3.57. The second-order valence-electron chi connectivity index (χ2n) is 6.52. The quantitative estimate of drug-likeness (QED) is 0.478. The van der Waals surface area contributed by atoms with Crippen molar-refractivity contribution >= 4 is 5.96 Å². The number of nitrogens with two attached hydrogens (primary N) is 1. The molecule has 1 atom stereocenters. The van der Waals surface area contributed by atoms with Crippen LogP contribution in [0.4, 0.5) is 0 Å². The van der Waals surface area contributed by atoms with Crippen molar-refractivity contribution in [1.29, 1.82) is 0 Å². The van der Waals surface area contributed by atoms with Gasteiger partial charge in [-0.05, 0) is 29.7 Å². The molecule has 27 heavy (non-hydrogen) atoms. The topological polar surface area (TPSA) is 63.3 Å². The van der Waals surface area contributed by atoms with Crippen LogP contribution in [0.1, 0.15) is 22.7 Å². The number of rotatable bonds is 8. The van der Waals surface area contributed by atoms with E-state index in [9.17, 15) is 0 Å². The van der Waals surface area contributed by atoms with Gasteiger partial charge in [0.2, 0.25) is 0 Å². The number of hydrogen-bond donors (Lipinski definition) is 2. The lowest BCUT2D eigenvalue weighted by Gasteiger charge is -2.16. The highest BCUT2D eigenvalue weighted by molar-refractivity contribution is 5.77. The molecule has 0 saturated carbocycles. The molecule has 2 aromatic carbocycles. The second kappa shape index (κ2) is 10.1. The van der Waals surface area contributed by atoms with Crippen LogP contribution in [0.15, 0.2) is 90.1 Å². The van der Waals surface area contributed by atoms with E-state index in [0.717, 1.165) is 25.1 Å². The molecule has 0 fully saturated rings. The Labute approximate surface area is 161 Å². The molecule has 1 aromatic heterocycles. The number of nitrogens with zero attached hydrogens (tertiary/aromatic N) is 2. The Hall–Kier alpha value is -3.14. The van der Waals surface area contributed by atoms with Crippen molar-refractivity contribution in [2.45, 2.75) is 18.8 Å². The Bertz CT molecular complexity index is 817.